The van der Waals surface area contributed by atoms with Crippen LogP contribution in [0.3, 0.4) is 0 Å². The molecule has 0 fully saturated rings. The van der Waals surface area contributed by atoms with Gasteiger partial charge in [-0.3, -0.25) is 4.79 Å². The fraction of sp³-hybridized carbons (Fsp3) is 0. The van der Waals surface area contributed by atoms with Crippen molar-refractivity contribution in [1.82, 2.24) is 0 Å². The Morgan fingerprint density at radius 1 is 1.36 bits per heavy atom. The summed E-state index contributed by atoms with van der Waals surface area (Å²) < 4.78 is 0. The number of hydrogen-bond acceptors (Lipinski definition) is 6. The molecule has 0 bridgehead atoms. The molecule has 1 aliphatic rings. The lowest BCUT2D eigenvalue weighted by Crippen LogP contribution is -2.36. The lowest BCUT2D eigenvalue weighted by Gasteiger charge is -2.03. The minimum absolute atomic E-state index is 0.231. The normalized spacial score (nSPS) is 21.5. The maximum Gasteiger partial charge on any atom is 0.306 e. The Hall–Kier alpha value is -1.92. The third kappa shape index (κ3) is 1.16. The Labute approximate surface area is 61.1 Å². The number of carbonyl (C=O) groups is 1. The third-order valence-corrected chi connectivity index (χ3v) is 0.996. The molecule has 0 aromatic heterocycles. The van der Waals surface area contributed by atoms with Crippen molar-refractivity contribution in [2.24, 2.45) is 26.6 Å². The average Bonchev–Trinajstić information content (AvgIpc) is 1.85. The maximum atomic E-state index is 10.7. The highest BCUT2D eigenvalue weighted by atomic mass is 16.4. The summed E-state index contributed by atoms with van der Waals surface area (Å²) in [7, 11) is 0. The zero-order valence-electron chi connectivity index (χ0n) is 5.35. The number of nitrogens with two attached hydrogens (primary N) is 2. The Morgan fingerprint density at radius 2 is 2.00 bits per heavy atom. The van der Waals surface area contributed by atoms with Crippen molar-refractivity contribution in [2.75, 3.05) is 0 Å². The summed E-state index contributed by atoms with van der Waals surface area (Å²) in [6.07, 6.45) is 0. The molecule has 7 nitrogen and oxygen atoms in total. The second-order valence-corrected chi connectivity index (χ2v) is 1.72. The molecule has 1 rings (SSSR count). The third-order valence-electron chi connectivity index (χ3n) is 0.996. The van der Waals surface area contributed by atoms with Gasteiger partial charge in [0.15, 0.2) is 5.84 Å². The van der Waals surface area contributed by atoms with Crippen LogP contribution in [0.5, 0.6) is 0 Å². The van der Waals surface area contributed by atoms with E-state index in [0.29, 0.717) is 0 Å². The SMILES string of the molecule is NC1=NC(=O)C(=NO)C(N)=N1. The highest BCUT2D eigenvalue weighted by Crippen LogP contribution is 1.92. The van der Waals surface area contributed by atoms with Crippen LogP contribution in [0.1, 0.15) is 0 Å². The van der Waals surface area contributed by atoms with Crippen molar-refractivity contribution in [1.29, 1.82) is 0 Å². The molecule has 0 unspecified atom stereocenters. The summed E-state index contributed by atoms with van der Waals surface area (Å²) in [4.78, 5) is 17.3. The van der Waals surface area contributed by atoms with Gasteiger partial charge in [0, 0.05) is 0 Å². The van der Waals surface area contributed by atoms with Gasteiger partial charge < -0.3 is 16.7 Å². The fourth-order valence-electron chi connectivity index (χ4n) is 0.562. The van der Waals surface area contributed by atoms with Gasteiger partial charge in [0.1, 0.15) is 0 Å². The van der Waals surface area contributed by atoms with Crippen LogP contribution < -0.4 is 11.5 Å². The monoisotopic (exact) mass is 155 g/mol. The molecular formula is C4H5N5O2. The van der Waals surface area contributed by atoms with E-state index in [-0.39, 0.29) is 17.5 Å². The molecule has 1 heterocycles. The Balaban J connectivity index is 3.11. The first-order chi connectivity index (χ1) is 5.15. The van der Waals surface area contributed by atoms with Gasteiger partial charge in [-0.15, -0.1) is 0 Å². The van der Waals surface area contributed by atoms with Crippen LogP contribution >= 0.6 is 0 Å². The molecule has 0 aliphatic carbocycles. The highest BCUT2D eigenvalue weighted by Gasteiger charge is 2.20. The Kier molecular flexibility index (Phi) is 1.55. The zero-order chi connectivity index (χ0) is 8.43. The molecule has 7 heteroatoms. The first-order valence-electron chi connectivity index (χ1n) is 2.60. The van der Waals surface area contributed by atoms with Crippen LogP contribution in [0, 0.1) is 0 Å². The predicted molar refractivity (Wildman–Crippen MR) is 37.5 cm³/mol. The largest absolute Gasteiger partial charge is 0.410 e. The molecule has 0 saturated heterocycles. The molecule has 5 N–H and O–H groups in total. The fourth-order valence-corrected chi connectivity index (χ4v) is 0.562. The van der Waals surface area contributed by atoms with Crippen LogP contribution in [0.15, 0.2) is 15.1 Å². The molecule has 58 valence electrons. The number of amidine groups is 1. The number of nitrogens with zero attached hydrogens (tertiary/aromatic N) is 3. The lowest BCUT2D eigenvalue weighted by atomic mass is 10.3. The van der Waals surface area contributed by atoms with E-state index in [0.717, 1.165) is 0 Å². The van der Waals surface area contributed by atoms with Crippen molar-refractivity contribution in [3.63, 3.8) is 0 Å². The van der Waals surface area contributed by atoms with E-state index in [1.807, 2.05) is 0 Å². The Bertz CT molecular complexity index is 289. The van der Waals surface area contributed by atoms with Crippen molar-refractivity contribution in [2.45, 2.75) is 0 Å². The lowest BCUT2D eigenvalue weighted by molar-refractivity contribution is -0.111. The Morgan fingerprint density at radius 3 is 2.45 bits per heavy atom. The number of aliphatic imine (C=N–C) groups is 2. The smallest absolute Gasteiger partial charge is 0.306 e. The van der Waals surface area contributed by atoms with E-state index in [2.05, 4.69) is 15.1 Å². The number of hydrogen-bond donors (Lipinski definition) is 3. The van der Waals surface area contributed by atoms with Crippen LogP contribution in [-0.4, -0.2) is 28.6 Å². The number of rotatable bonds is 0. The van der Waals surface area contributed by atoms with Crippen LogP contribution in [-0.2, 0) is 4.79 Å². The highest BCUT2D eigenvalue weighted by molar-refractivity contribution is 6.68. The van der Waals surface area contributed by atoms with Gasteiger partial charge in [-0.1, -0.05) is 5.16 Å². The van der Waals surface area contributed by atoms with Gasteiger partial charge >= 0.3 is 5.91 Å². The van der Waals surface area contributed by atoms with Crippen LogP contribution in [0.25, 0.3) is 0 Å². The summed E-state index contributed by atoms with van der Waals surface area (Å²) in [6.45, 7) is 0. The van der Waals surface area contributed by atoms with E-state index in [9.17, 15) is 4.79 Å². The maximum absolute atomic E-state index is 10.7. The van der Waals surface area contributed by atoms with Crippen molar-refractivity contribution >= 4 is 23.4 Å². The van der Waals surface area contributed by atoms with Gasteiger partial charge in [0.25, 0.3) is 0 Å². The molecule has 0 radical (unpaired) electrons. The molecular weight excluding hydrogens is 150 g/mol. The van der Waals surface area contributed by atoms with E-state index in [1.165, 1.54) is 0 Å². The molecule has 0 spiro atoms. The number of carbonyl (C=O) groups excluding carboxylic acids is 1. The zero-order valence-corrected chi connectivity index (χ0v) is 5.35. The van der Waals surface area contributed by atoms with Gasteiger partial charge in [0.05, 0.1) is 0 Å². The number of oxime groups is 1. The van der Waals surface area contributed by atoms with Gasteiger partial charge in [-0.25, -0.2) is 0 Å². The first kappa shape index (κ1) is 7.19. The van der Waals surface area contributed by atoms with Crippen LogP contribution in [0.2, 0.25) is 0 Å². The minimum Gasteiger partial charge on any atom is -0.410 e. The van der Waals surface area contributed by atoms with E-state index < -0.39 is 5.91 Å². The minimum atomic E-state index is -0.794. The van der Waals surface area contributed by atoms with Crippen LogP contribution in [0.4, 0.5) is 0 Å². The molecule has 0 saturated carbocycles. The molecule has 1 aliphatic heterocycles. The summed E-state index contributed by atoms with van der Waals surface area (Å²) in [6, 6.07) is 0. The molecule has 0 aromatic rings. The second-order valence-electron chi connectivity index (χ2n) is 1.72. The predicted octanol–water partition coefficient (Wildman–Crippen LogP) is -1.97. The van der Waals surface area contributed by atoms with Gasteiger partial charge in [0.2, 0.25) is 11.7 Å². The molecule has 0 atom stereocenters. The summed E-state index contributed by atoms with van der Waals surface area (Å²) >= 11 is 0. The summed E-state index contributed by atoms with van der Waals surface area (Å²) in [5.74, 6) is -1.26. The standard InChI is InChI=1S/C4H5N5O2/c5-2-1(9-11)3(10)8-4(6)7-2/h11H,(H4,5,6,7,8,10). The second kappa shape index (κ2) is 2.37. The number of guanidine groups is 1. The first-order valence-corrected chi connectivity index (χ1v) is 2.60. The van der Waals surface area contributed by atoms with Gasteiger partial charge in [-0.05, 0) is 0 Å². The summed E-state index contributed by atoms with van der Waals surface area (Å²) in [5, 5.41) is 10.8. The van der Waals surface area contributed by atoms with Crippen molar-refractivity contribution in [3.8, 4) is 0 Å². The van der Waals surface area contributed by atoms with Crippen molar-refractivity contribution < 1.29 is 10.0 Å². The van der Waals surface area contributed by atoms with Crippen molar-refractivity contribution in [3.05, 3.63) is 0 Å². The van der Waals surface area contributed by atoms with Gasteiger partial charge in [-0.2, -0.15) is 9.98 Å². The summed E-state index contributed by atoms with van der Waals surface area (Å²) in [5.41, 5.74) is 9.82. The molecule has 0 aromatic carbocycles. The van der Waals surface area contributed by atoms with E-state index in [1.54, 1.807) is 0 Å². The quantitative estimate of drug-likeness (QED) is 0.277. The topological polar surface area (TPSA) is 126 Å². The molecule has 11 heavy (non-hydrogen) atoms. The average molecular weight is 155 g/mol. The van der Waals surface area contributed by atoms with E-state index >= 15 is 0 Å². The molecule has 1 amide bonds. The number of amides is 1. The van der Waals surface area contributed by atoms with E-state index in [4.69, 9.17) is 16.7 Å².